The summed E-state index contributed by atoms with van der Waals surface area (Å²) in [4.78, 5) is 46.5. The van der Waals surface area contributed by atoms with Gasteiger partial charge in [-0.05, 0) is 49.8 Å². The van der Waals surface area contributed by atoms with Gasteiger partial charge in [-0.15, -0.1) is 0 Å². The van der Waals surface area contributed by atoms with Crippen molar-refractivity contribution in [3.05, 3.63) is 65.7 Å². The predicted octanol–water partition coefficient (Wildman–Crippen LogP) is 4.68. The summed E-state index contributed by atoms with van der Waals surface area (Å²) in [6.45, 7) is 1.85. The number of halogens is 2. The first kappa shape index (κ1) is 30.3. The van der Waals surface area contributed by atoms with E-state index >= 15 is 0 Å². The molecule has 0 spiro atoms. The van der Waals surface area contributed by atoms with Crippen LogP contribution in [-0.4, -0.2) is 88.0 Å². The molecule has 2 aromatic carbocycles. The van der Waals surface area contributed by atoms with Crippen LogP contribution < -0.4 is 10.1 Å². The number of fused-ring (bicyclic) bond motifs is 2. The van der Waals surface area contributed by atoms with Gasteiger partial charge in [-0.1, -0.05) is 48.5 Å². The molecule has 3 amide bonds. The molecule has 44 heavy (non-hydrogen) atoms. The number of alkyl halides is 2. The molecule has 1 saturated carbocycles. The van der Waals surface area contributed by atoms with Gasteiger partial charge in [0.15, 0.2) is 0 Å². The Morgan fingerprint density at radius 1 is 1.00 bits per heavy atom. The Morgan fingerprint density at radius 3 is 2.48 bits per heavy atom. The number of nitrogens with one attached hydrogen (secondary N) is 1. The second-order valence-corrected chi connectivity index (χ2v) is 12.6. The number of ether oxygens (including phenoxy) is 1. The van der Waals surface area contributed by atoms with Crippen LogP contribution in [-0.2, 0) is 16.1 Å². The zero-order valence-electron chi connectivity index (χ0n) is 24.7. The van der Waals surface area contributed by atoms with Crippen molar-refractivity contribution in [2.75, 3.05) is 26.2 Å². The van der Waals surface area contributed by atoms with E-state index in [0.29, 0.717) is 37.4 Å². The summed E-state index contributed by atoms with van der Waals surface area (Å²) in [5, 5.41) is 13.6. The van der Waals surface area contributed by atoms with Crippen molar-refractivity contribution < 1.29 is 33.0 Å². The van der Waals surface area contributed by atoms with Crippen molar-refractivity contribution in [1.29, 1.82) is 0 Å². The second kappa shape index (κ2) is 12.7. The van der Waals surface area contributed by atoms with E-state index in [1.807, 2.05) is 30.3 Å². The Labute approximate surface area is 256 Å². The van der Waals surface area contributed by atoms with Crippen LogP contribution in [0.1, 0.15) is 62.1 Å². The number of piperazine rings is 1. The number of amides is 3. The topological polar surface area (TPSA) is 102 Å². The summed E-state index contributed by atoms with van der Waals surface area (Å²) in [7, 11) is 0. The molecule has 4 aliphatic rings. The van der Waals surface area contributed by atoms with Crippen molar-refractivity contribution >= 4 is 17.9 Å². The van der Waals surface area contributed by atoms with Gasteiger partial charge in [-0.3, -0.25) is 19.4 Å². The van der Waals surface area contributed by atoms with Crippen molar-refractivity contribution in [2.24, 2.45) is 5.92 Å². The van der Waals surface area contributed by atoms with E-state index < -0.39 is 48.8 Å². The van der Waals surface area contributed by atoms with Gasteiger partial charge < -0.3 is 20.1 Å². The standard InChI is InChI=1S/C33H40F2N4O5/c34-33(35)15-12-23(13-16-33)29(39(32(42)43)19-22-7-2-1-3-8-22)31(41)38-20-24-9-6-17-37(24)21-27(38)30(40)36-26-14-18-44-28-11-5-4-10-25(26)28/h1-5,7-8,10-11,23-24,26-27,29H,6,9,12-21H2,(H,36,40)(H,42,43)/t24-,26-,27+,29+/m1/s1. The number of hydrogen-bond donors (Lipinski definition) is 2. The molecular formula is C33H40F2N4O5. The molecule has 3 fully saturated rings. The van der Waals surface area contributed by atoms with E-state index in [-0.39, 0.29) is 37.4 Å². The van der Waals surface area contributed by atoms with Gasteiger partial charge in [-0.25, -0.2) is 13.6 Å². The third kappa shape index (κ3) is 6.38. The molecule has 2 saturated heterocycles. The minimum absolute atomic E-state index is 0.0289. The molecule has 236 valence electrons. The summed E-state index contributed by atoms with van der Waals surface area (Å²) in [6, 6.07) is 14.3. The maximum absolute atomic E-state index is 14.7. The van der Waals surface area contributed by atoms with Crippen LogP contribution >= 0.6 is 0 Å². The minimum Gasteiger partial charge on any atom is -0.493 e. The van der Waals surface area contributed by atoms with Gasteiger partial charge in [0.2, 0.25) is 17.7 Å². The lowest BCUT2D eigenvalue weighted by molar-refractivity contribution is -0.152. The van der Waals surface area contributed by atoms with Gasteiger partial charge in [0.05, 0.1) is 12.6 Å². The highest BCUT2D eigenvalue weighted by molar-refractivity contribution is 5.92. The number of carbonyl (C=O) groups is 3. The summed E-state index contributed by atoms with van der Waals surface area (Å²) in [5.41, 5.74) is 1.57. The third-order valence-corrected chi connectivity index (χ3v) is 9.79. The summed E-state index contributed by atoms with van der Waals surface area (Å²) >= 11 is 0. The number of benzene rings is 2. The van der Waals surface area contributed by atoms with Gasteiger partial charge >= 0.3 is 6.09 Å². The van der Waals surface area contributed by atoms with Crippen molar-refractivity contribution in [1.82, 2.24) is 20.0 Å². The average molecular weight is 611 g/mol. The molecule has 0 bridgehead atoms. The van der Waals surface area contributed by atoms with Crippen molar-refractivity contribution in [3.8, 4) is 5.75 Å². The summed E-state index contributed by atoms with van der Waals surface area (Å²) in [5.74, 6) is -3.49. The largest absolute Gasteiger partial charge is 0.493 e. The molecule has 6 rings (SSSR count). The highest BCUT2D eigenvalue weighted by atomic mass is 19.3. The van der Waals surface area contributed by atoms with Crippen LogP contribution in [0.25, 0.3) is 0 Å². The Morgan fingerprint density at radius 2 is 1.73 bits per heavy atom. The fraction of sp³-hybridized carbons (Fsp3) is 0.545. The fourth-order valence-electron chi connectivity index (χ4n) is 7.45. The smallest absolute Gasteiger partial charge is 0.408 e. The van der Waals surface area contributed by atoms with Crippen LogP contribution in [0.15, 0.2) is 54.6 Å². The van der Waals surface area contributed by atoms with Crippen LogP contribution in [0.4, 0.5) is 13.6 Å². The minimum atomic E-state index is -2.84. The molecule has 0 radical (unpaired) electrons. The molecular weight excluding hydrogens is 570 g/mol. The number of carbonyl (C=O) groups excluding carboxylic acids is 2. The number of para-hydroxylation sites is 1. The number of rotatable bonds is 7. The van der Waals surface area contributed by atoms with E-state index in [9.17, 15) is 28.3 Å². The fourth-order valence-corrected chi connectivity index (χ4v) is 7.45. The quantitative estimate of drug-likeness (QED) is 0.473. The van der Waals surface area contributed by atoms with Crippen LogP contribution in [0, 0.1) is 5.92 Å². The molecule has 3 heterocycles. The van der Waals surface area contributed by atoms with Crippen molar-refractivity contribution in [2.45, 2.75) is 81.6 Å². The lowest BCUT2D eigenvalue weighted by Gasteiger charge is -2.47. The van der Waals surface area contributed by atoms with E-state index in [0.717, 1.165) is 29.8 Å². The molecule has 3 aliphatic heterocycles. The number of carboxylic acid groups (broad SMARTS) is 1. The Hall–Kier alpha value is -3.73. The predicted molar refractivity (Wildman–Crippen MR) is 158 cm³/mol. The highest BCUT2D eigenvalue weighted by Gasteiger charge is 2.49. The normalized spacial score (nSPS) is 25.7. The Bertz CT molecular complexity index is 1350. The lowest BCUT2D eigenvalue weighted by Crippen LogP contribution is -2.66. The SMILES string of the molecule is O=C(N[C@@H]1CCOc2ccccc21)[C@@H]1CN2CCC[C@@H]2CN1C(=O)[C@H](C1CCC(F)(F)CC1)N(Cc1ccccc1)C(=O)O. The molecule has 1 aliphatic carbocycles. The first-order chi connectivity index (χ1) is 21.2. The zero-order chi connectivity index (χ0) is 30.8. The van der Waals surface area contributed by atoms with Gasteiger partial charge in [0.1, 0.15) is 17.8 Å². The number of hydrogen-bond acceptors (Lipinski definition) is 5. The van der Waals surface area contributed by atoms with Crippen LogP contribution in [0.5, 0.6) is 5.75 Å². The lowest BCUT2D eigenvalue weighted by atomic mass is 9.80. The molecule has 0 unspecified atom stereocenters. The third-order valence-electron chi connectivity index (χ3n) is 9.79. The van der Waals surface area contributed by atoms with E-state index in [1.54, 1.807) is 29.2 Å². The Balaban J connectivity index is 1.31. The van der Waals surface area contributed by atoms with Crippen molar-refractivity contribution in [3.63, 3.8) is 0 Å². The van der Waals surface area contributed by atoms with Gasteiger partial charge in [-0.2, -0.15) is 0 Å². The number of nitrogens with zero attached hydrogens (tertiary/aromatic N) is 3. The highest BCUT2D eigenvalue weighted by Crippen LogP contribution is 2.40. The molecule has 9 nitrogen and oxygen atoms in total. The summed E-state index contributed by atoms with van der Waals surface area (Å²) in [6.07, 6.45) is 0.376. The molecule has 11 heteroatoms. The molecule has 2 aromatic rings. The van der Waals surface area contributed by atoms with Gasteiger partial charge in [0.25, 0.3) is 0 Å². The second-order valence-electron chi connectivity index (χ2n) is 12.6. The first-order valence-corrected chi connectivity index (χ1v) is 15.7. The Kier molecular flexibility index (Phi) is 8.75. The molecule has 2 N–H and O–H groups in total. The monoisotopic (exact) mass is 610 g/mol. The van der Waals surface area contributed by atoms with Crippen LogP contribution in [0.2, 0.25) is 0 Å². The first-order valence-electron chi connectivity index (χ1n) is 15.7. The maximum atomic E-state index is 14.7. The van der Waals surface area contributed by atoms with Crippen LogP contribution in [0.3, 0.4) is 0 Å². The van der Waals surface area contributed by atoms with E-state index in [2.05, 4.69) is 10.2 Å². The van der Waals surface area contributed by atoms with Gasteiger partial charge in [0, 0.05) is 50.5 Å². The van der Waals surface area contributed by atoms with E-state index in [1.165, 1.54) is 0 Å². The van der Waals surface area contributed by atoms with E-state index in [4.69, 9.17) is 4.74 Å². The zero-order valence-corrected chi connectivity index (χ0v) is 24.7. The average Bonchev–Trinajstić information content (AvgIpc) is 3.49. The summed E-state index contributed by atoms with van der Waals surface area (Å²) < 4.78 is 34.3. The molecule has 0 aromatic heterocycles. The molecule has 4 atom stereocenters. The maximum Gasteiger partial charge on any atom is 0.408 e.